The first-order chi connectivity index (χ1) is 7.51. The lowest BCUT2D eigenvalue weighted by atomic mass is 9.96. The maximum Gasteiger partial charge on any atom is 0.279 e. The monoisotopic (exact) mass is 312 g/mol. The van der Waals surface area contributed by atoms with Crippen molar-refractivity contribution in [1.82, 2.24) is 9.03 Å². The van der Waals surface area contributed by atoms with Crippen LogP contribution in [0.4, 0.5) is 0 Å². The van der Waals surface area contributed by atoms with Gasteiger partial charge in [-0.05, 0) is 12.8 Å². The van der Waals surface area contributed by atoms with Gasteiger partial charge in [-0.15, -0.1) is 0 Å². The smallest absolute Gasteiger partial charge is 0.198 e. The van der Waals surface area contributed by atoms with Gasteiger partial charge in [0.1, 0.15) is 0 Å². The maximum atomic E-state index is 12.0. The summed E-state index contributed by atoms with van der Waals surface area (Å²) in [4.78, 5) is 0.270. The van der Waals surface area contributed by atoms with Crippen molar-refractivity contribution in [2.75, 3.05) is 13.1 Å². The number of rotatable bonds is 5. The van der Waals surface area contributed by atoms with E-state index in [0.717, 1.165) is 19.3 Å². The van der Waals surface area contributed by atoms with Crippen LogP contribution in [0.15, 0.2) is 0 Å². The van der Waals surface area contributed by atoms with E-state index in [1.807, 2.05) is 13.8 Å². The zero-order chi connectivity index (χ0) is 12.2. The van der Waals surface area contributed by atoms with Gasteiger partial charge in [0, 0.05) is 24.0 Å². The number of hydrogen-bond acceptors (Lipinski definition) is 2. The molecule has 0 aromatic carbocycles. The lowest BCUT2D eigenvalue weighted by Gasteiger charge is -2.30. The molecule has 1 fully saturated rings. The minimum atomic E-state index is -3.30. The molecule has 0 aliphatic heterocycles. The molecular formula is C10H21BrN2O2S. The average molecular weight is 313 g/mol. The van der Waals surface area contributed by atoms with E-state index in [-0.39, 0.29) is 10.9 Å². The molecule has 1 aliphatic rings. The molecule has 0 spiro atoms. The fourth-order valence-electron chi connectivity index (χ4n) is 2.05. The molecule has 96 valence electrons. The molecule has 1 saturated carbocycles. The molecule has 6 heteroatoms. The third-order valence-corrected chi connectivity index (χ3v) is 5.92. The fourth-order valence-corrected chi connectivity index (χ4v) is 4.44. The second-order valence-corrected chi connectivity index (χ2v) is 6.99. The van der Waals surface area contributed by atoms with Crippen LogP contribution in [-0.4, -0.2) is 36.7 Å². The van der Waals surface area contributed by atoms with E-state index in [0.29, 0.717) is 13.1 Å². The Labute approximate surface area is 107 Å². The predicted octanol–water partition coefficient (Wildman–Crippen LogP) is 1.87. The van der Waals surface area contributed by atoms with Crippen molar-refractivity contribution >= 4 is 26.1 Å². The molecule has 16 heavy (non-hydrogen) atoms. The summed E-state index contributed by atoms with van der Waals surface area (Å²) in [7, 11) is -3.30. The van der Waals surface area contributed by atoms with Crippen LogP contribution in [0.5, 0.6) is 0 Å². The second-order valence-electron chi connectivity index (χ2n) is 4.11. The van der Waals surface area contributed by atoms with Crippen molar-refractivity contribution in [1.29, 1.82) is 0 Å². The van der Waals surface area contributed by atoms with Crippen LogP contribution >= 0.6 is 15.9 Å². The van der Waals surface area contributed by atoms with Gasteiger partial charge in [0.15, 0.2) is 0 Å². The first-order valence-electron chi connectivity index (χ1n) is 5.92. The van der Waals surface area contributed by atoms with Crippen molar-refractivity contribution < 1.29 is 8.42 Å². The highest BCUT2D eigenvalue weighted by atomic mass is 79.9. The Morgan fingerprint density at radius 3 is 2.31 bits per heavy atom. The fraction of sp³-hybridized carbons (Fsp3) is 1.00. The number of nitrogens with one attached hydrogen (secondary N) is 1. The molecule has 1 aliphatic carbocycles. The predicted molar refractivity (Wildman–Crippen MR) is 69.9 cm³/mol. The van der Waals surface area contributed by atoms with Gasteiger partial charge >= 0.3 is 0 Å². The zero-order valence-corrected chi connectivity index (χ0v) is 12.3. The lowest BCUT2D eigenvalue weighted by Crippen LogP contribution is -2.49. The molecule has 0 aromatic rings. The molecule has 1 rings (SSSR count). The van der Waals surface area contributed by atoms with Gasteiger partial charge in [-0.2, -0.15) is 17.4 Å². The van der Waals surface area contributed by atoms with E-state index in [1.165, 1.54) is 10.7 Å². The number of hydrogen-bond donors (Lipinski definition) is 1. The number of nitrogens with zero attached hydrogens (tertiary/aromatic N) is 1. The summed E-state index contributed by atoms with van der Waals surface area (Å²) in [6.45, 7) is 4.75. The van der Waals surface area contributed by atoms with Gasteiger partial charge in [-0.1, -0.05) is 42.6 Å². The van der Waals surface area contributed by atoms with Crippen molar-refractivity contribution in [3.05, 3.63) is 0 Å². The van der Waals surface area contributed by atoms with Crippen LogP contribution in [0.25, 0.3) is 0 Å². The molecule has 1 N–H and O–H groups in total. The molecule has 0 heterocycles. The minimum absolute atomic E-state index is 0.0411. The summed E-state index contributed by atoms with van der Waals surface area (Å²) in [6, 6.07) is 0.0411. The van der Waals surface area contributed by atoms with Crippen molar-refractivity contribution in [2.45, 2.75) is 50.4 Å². The lowest BCUT2D eigenvalue weighted by molar-refractivity contribution is 0.392. The van der Waals surface area contributed by atoms with E-state index < -0.39 is 10.2 Å². The number of halogens is 1. The molecule has 0 amide bonds. The number of alkyl halides is 1. The summed E-state index contributed by atoms with van der Waals surface area (Å²) >= 11 is 3.55. The van der Waals surface area contributed by atoms with Gasteiger partial charge in [-0.25, -0.2) is 0 Å². The quantitative estimate of drug-likeness (QED) is 0.788. The van der Waals surface area contributed by atoms with Crippen LogP contribution in [0, 0.1) is 0 Å². The average Bonchev–Trinajstić information content (AvgIpc) is 2.22. The van der Waals surface area contributed by atoms with Crippen LogP contribution in [0.3, 0.4) is 0 Å². The molecule has 0 bridgehead atoms. The summed E-state index contributed by atoms with van der Waals surface area (Å²) in [5.41, 5.74) is 0. The van der Waals surface area contributed by atoms with Crippen LogP contribution in [0.1, 0.15) is 39.5 Å². The van der Waals surface area contributed by atoms with Gasteiger partial charge < -0.3 is 0 Å². The summed E-state index contributed by atoms with van der Waals surface area (Å²) in [5.74, 6) is 0. The normalized spacial score (nSPS) is 27.2. The zero-order valence-electron chi connectivity index (χ0n) is 9.95. The second kappa shape index (κ2) is 6.33. The van der Waals surface area contributed by atoms with Gasteiger partial charge in [0.2, 0.25) is 0 Å². The van der Waals surface area contributed by atoms with Crippen molar-refractivity contribution in [3.63, 3.8) is 0 Å². The Morgan fingerprint density at radius 2 is 1.81 bits per heavy atom. The molecule has 0 radical (unpaired) electrons. The van der Waals surface area contributed by atoms with Crippen LogP contribution in [-0.2, 0) is 10.2 Å². The van der Waals surface area contributed by atoms with E-state index in [1.54, 1.807) is 0 Å². The largest absolute Gasteiger partial charge is 0.279 e. The van der Waals surface area contributed by atoms with Crippen molar-refractivity contribution in [2.24, 2.45) is 0 Å². The minimum Gasteiger partial charge on any atom is -0.198 e. The topological polar surface area (TPSA) is 49.4 Å². The highest BCUT2D eigenvalue weighted by molar-refractivity contribution is 9.09. The first kappa shape index (κ1) is 14.4. The highest BCUT2D eigenvalue weighted by Gasteiger charge is 2.29. The van der Waals surface area contributed by atoms with Crippen LogP contribution in [0.2, 0.25) is 0 Å². The van der Waals surface area contributed by atoms with Crippen molar-refractivity contribution in [3.8, 4) is 0 Å². The molecule has 2 unspecified atom stereocenters. The van der Waals surface area contributed by atoms with E-state index >= 15 is 0 Å². The van der Waals surface area contributed by atoms with E-state index in [9.17, 15) is 8.42 Å². The Morgan fingerprint density at radius 1 is 1.25 bits per heavy atom. The third kappa shape index (κ3) is 3.68. The Kier molecular flexibility index (Phi) is 5.70. The Hall–Kier alpha value is 0.350. The molecular weight excluding hydrogens is 292 g/mol. The third-order valence-electron chi connectivity index (χ3n) is 3.03. The summed E-state index contributed by atoms with van der Waals surface area (Å²) in [6.07, 6.45) is 4.26. The van der Waals surface area contributed by atoms with E-state index in [2.05, 4.69) is 20.7 Å². The van der Waals surface area contributed by atoms with Gasteiger partial charge in [0.05, 0.1) is 0 Å². The summed E-state index contributed by atoms with van der Waals surface area (Å²) < 4.78 is 28.3. The standard InChI is InChI=1S/C10H21BrN2O2S/c1-3-13(4-2)16(14,15)12-10-8-6-5-7-9(10)11/h9-10,12H,3-8H2,1-2H3. The maximum absolute atomic E-state index is 12.0. The van der Waals surface area contributed by atoms with Gasteiger partial charge in [-0.3, -0.25) is 0 Å². The highest BCUT2D eigenvalue weighted by Crippen LogP contribution is 2.25. The van der Waals surface area contributed by atoms with E-state index in [4.69, 9.17) is 0 Å². The first-order valence-corrected chi connectivity index (χ1v) is 8.28. The SMILES string of the molecule is CCN(CC)S(=O)(=O)NC1CCCCC1Br. The molecule has 2 atom stereocenters. The van der Waals surface area contributed by atoms with Gasteiger partial charge in [0.25, 0.3) is 10.2 Å². The Balaban J connectivity index is 2.63. The summed E-state index contributed by atoms with van der Waals surface area (Å²) in [5, 5.41) is 0. The van der Waals surface area contributed by atoms with Crippen LogP contribution < -0.4 is 4.72 Å². The Bertz CT molecular complexity index is 304. The molecule has 0 aromatic heterocycles. The molecule has 0 saturated heterocycles. The molecule has 4 nitrogen and oxygen atoms in total.